The van der Waals surface area contributed by atoms with Crippen LogP contribution in [-0.2, 0) is 4.79 Å². The first-order valence-corrected chi connectivity index (χ1v) is 9.17. The van der Waals surface area contributed by atoms with Crippen molar-refractivity contribution in [3.05, 3.63) is 65.6 Å². The molecule has 2 aliphatic heterocycles. The van der Waals surface area contributed by atoms with E-state index in [4.69, 9.17) is 0 Å². The highest BCUT2D eigenvalue weighted by molar-refractivity contribution is 6.31. The van der Waals surface area contributed by atoms with Gasteiger partial charge in [0.2, 0.25) is 0 Å². The van der Waals surface area contributed by atoms with Crippen LogP contribution in [0.4, 0.5) is 15.8 Å². The fourth-order valence-electron chi connectivity index (χ4n) is 3.43. The molecule has 2 aromatic rings. The van der Waals surface area contributed by atoms with Crippen LogP contribution < -0.4 is 15.5 Å². The average Bonchev–Trinajstić information content (AvgIpc) is 2.68. The van der Waals surface area contributed by atoms with Gasteiger partial charge in [-0.3, -0.25) is 14.9 Å². The molecule has 0 unspecified atom stereocenters. The number of carbonyl (C=O) groups is 2. The Balaban J connectivity index is 1.53. The van der Waals surface area contributed by atoms with Crippen LogP contribution in [0.5, 0.6) is 0 Å². The smallest absolute Gasteiger partial charge is 0.260 e. The summed E-state index contributed by atoms with van der Waals surface area (Å²) in [5, 5.41) is 5.35. The van der Waals surface area contributed by atoms with Crippen molar-refractivity contribution in [2.45, 2.75) is 0 Å². The first-order chi connectivity index (χ1) is 13.5. The monoisotopic (exact) mass is 380 g/mol. The molecule has 144 valence electrons. The van der Waals surface area contributed by atoms with Gasteiger partial charge in [-0.05, 0) is 49.5 Å². The molecule has 7 heteroatoms. The standard InChI is InChI=1S/C21H21FN4O2/c1-25-8-10-26(11-9-25)16-5-3-15(4-6-16)23-13-19-18-12-14(22)2-7-17(18)20(27)24-21(19)28/h2-7,12-13,23H,8-11H2,1H3,(H,24,27,28)/b19-13-. The number of amides is 2. The third-order valence-corrected chi connectivity index (χ3v) is 5.11. The third kappa shape index (κ3) is 3.61. The zero-order valence-electron chi connectivity index (χ0n) is 15.5. The Bertz CT molecular complexity index is 947. The quantitative estimate of drug-likeness (QED) is 0.632. The summed E-state index contributed by atoms with van der Waals surface area (Å²) >= 11 is 0. The predicted octanol–water partition coefficient (Wildman–Crippen LogP) is 2.30. The van der Waals surface area contributed by atoms with Crippen molar-refractivity contribution in [1.82, 2.24) is 10.2 Å². The highest BCUT2D eigenvalue weighted by Gasteiger charge is 2.27. The molecule has 0 bridgehead atoms. The summed E-state index contributed by atoms with van der Waals surface area (Å²) in [5.41, 5.74) is 2.74. The molecule has 0 atom stereocenters. The number of nitrogens with zero attached hydrogens (tertiary/aromatic N) is 2. The van der Waals surface area contributed by atoms with Crippen LogP contribution in [0.2, 0.25) is 0 Å². The molecule has 28 heavy (non-hydrogen) atoms. The molecule has 0 aromatic heterocycles. The first-order valence-electron chi connectivity index (χ1n) is 9.17. The minimum Gasteiger partial charge on any atom is -0.369 e. The number of carbonyl (C=O) groups excluding carboxylic acids is 2. The Hall–Kier alpha value is -3.19. The van der Waals surface area contributed by atoms with Crippen LogP contribution >= 0.6 is 0 Å². The van der Waals surface area contributed by atoms with Gasteiger partial charge in [0.25, 0.3) is 11.8 Å². The molecule has 0 radical (unpaired) electrons. The second-order valence-electron chi connectivity index (χ2n) is 7.01. The molecule has 0 spiro atoms. The lowest BCUT2D eigenvalue weighted by Crippen LogP contribution is -2.44. The minimum atomic E-state index is -0.551. The topological polar surface area (TPSA) is 64.7 Å². The van der Waals surface area contributed by atoms with Crippen molar-refractivity contribution in [2.75, 3.05) is 43.4 Å². The van der Waals surface area contributed by atoms with Crippen LogP contribution in [0, 0.1) is 5.82 Å². The van der Waals surface area contributed by atoms with E-state index >= 15 is 0 Å². The normalized spacial score (nSPS) is 18.8. The van der Waals surface area contributed by atoms with Crippen molar-refractivity contribution in [2.24, 2.45) is 0 Å². The minimum absolute atomic E-state index is 0.220. The van der Waals surface area contributed by atoms with Crippen molar-refractivity contribution in [1.29, 1.82) is 0 Å². The van der Waals surface area contributed by atoms with E-state index in [0.29, 0.717) is 0 Å². The maximum Gasteiger partial charge on any atom is 0.260 e. The van der Waals surface area contributed by atoms with E-state index in [-0.39, 0.29) is 16.7 Å². The molecular formula is C21H21FN4O2. The van der Waals surface area contributed by atoms with Crippen molar-refractivity contribution < 1.29 is 14.0 Å². The van der Waals surface area contributed by atoms with Gasteiger partial charge in [0.1, 0.15) is 5.82 Å². The number of imide groups is 1. The second kappa shape index (κ2) is 7.44. The van der Waals surface area contributed by atoms with E-state index in [9.17, 15) is 14.0 Å². The molecule has 0 saturated carbocycles. The molecule has 2 amide bonds. The zero-order chi connectivity index (χ0) is 19.7. The molecule has 6 nitrogen and oxygen atoms in total. The maximum absolute atomic E-state index is 13.6. The van der Waals surface area contributed by atoms with Gasteiger partial charge in [-0.1, -0.05) is 0 Å². The first kappa shape index (κ1) is 18.2. The number of benzene rings is 2. The number of fused-ring (bicyclic) bond motifs is 1. The number of likely N-dealkylation sites (N-methyl/N-ethyl adjacent to an activating group) is 1. The van der Waals surface area contributed by atoms with Gasteiger partial charge < -0.3 is 15.1 Å². The predicted molar refractivity (Wildman–Crippen MR) is 107 cm³/mol. The number of nitrogens with one attached hydrogen (secondary N) is 2. The average molecular weight is 380 g/mol. The van der Waals surface area contributed by atoms with E-state index < -0.39 is 17.6 Å². The van der Waals surface area contributed by atoms with Crippen LogP contribution in [0.25, 0.3) is 5.57 Å². The van der Waals surface area contributed by atoms with Gasteiger partial charge in [0.05, 0.1) is 5.57 Å². The summed E-state index contributed by atoms with van der Waals surface area (Å²) in [6.45, 7) is 4.06. The summed E-state index contributed by atoms with van der Waals surface area (Å²) in [7, 11) is 2.12. The van der Waals surface area contributed by atoms with Gasteiger partial charge in [-0.2, -0.15) is 0 Å². The Morgan fingerprint density at radius 2 is 1.68 bits per heavy atom. The number of anilines is 2. The van der Waals surface area contributed by atoms with Gasteiger partial charge in [-0.25, -0.2) is 4.39 Å². The van der Waals surface area contributed by atoms with Gasteiger partial charge >= 0.3 is 0 Å². The second-order valence-corrected chi connectivity index (χ2v) is 7.01. The fourth-order valence-corrected chi connectivity index (χ4v) is 3.43. The largest absolute Gasteiger partial charge is 0.369 e. The lowest BCUT2D eigenvalue weighted by Gasteiger charge is -2.34. The maximum atomic E-state index is 13.6. The van der Waals surface area contributed by atoms with Crippen LogP contribution in [0.15, 0.2) is 48.7 Å². The van der Waals surface area contributed by atoms with Crippen molar-refractivity contribution in [3.63, 3.8) is 0 Å². The summed E-state index contributed by atoms with van der Waals surface area (Å²) < 4.78 is 13.6. The Labute approximate surface area is 162 Å². The van der Waals surface area contributed by atoms with Crippen molar-refractivity contribution in [3.8, 4) is 0 Å². The third-order valence-electron chi connectivity index (χ3n) is 5.11. The number of hydrogen-bond acceptors (Lipinski definition) is 5. The lowest BCUT2D eigenvalue weighted by atomic mass is 9.95. The van der Waals surface area contributed by atoms with Crippen LogP contribution in [0.1, 0.15) is 15.9 Å². The zero-order valence-corrected chi connectivity index (χ0v) is 15.5. The summed E-state index contributed by atoms with van der Waals surface area (Å²) in [4.78, 5) is 28.8. The summed E-state index contributed by atoms with van der Waals surface area (Å²) in [6, 6.07) is 11.7. The Morgan fingerprint density at radius 1 is 0.964 bits per heavy atom. The van der Waals surface area contributed by atoms with Gasteiger partial charge in [0, 0.05) is 54.9 Å². The number of halogens is 1. The molecule has 1 fully saturated rings. The van der Waals surface area contributed by atoms with Crippen LogP contribution in [-0.4, -0.2) is 49.9 Å². The highest BCUT2D eigenvalue weighted by Crippen LogP contribution is 2.26. The lowest BCUT2D eigenvalue weighted by molar-refractivity contribution is -0.114. The summed E-state index contributed by atoms with van der Waals surface area (Å²) in [6.07, 6.45) is 1.50. The van der Waals surface area contributed by atoms with E-state index in [1.807, 2.05) is 24.3 Å². The SMILES string of the molecule is CN1CCN(c2ccc(N/C=C3\C(=O)NC(=O)c4ccc(F)cc43)cc2)CC1. The number of piperazine rings is 1. The molecule has 4 rings (SSSR count). The molecule has 2 heterocycles. The fraction of sp³-hybridized carbons (Fsp3) is 0.238. The van der Waals surface area contributed by atoms with Crippen molar-refractivity contribution >= 4 is 28.8 Å². The van der Waals surface area contributed by atoms with E-state index in [0.717, 1.165) is 37.6 Å². The molecule has 2 aromatic carbocycles. The molecule has 1 saturated heterocycles. The van der Waals surface area contributed by atoms with Crippen LogP contribution in [0.3, 0.4) is 0 Å². The van der Waals surface area contributed by atoms with Gasteiger partial charge in [0.15, 0.2) is 0 Å². The number of hydrogen-bond donors (Lipinski definition) is 2. The number of rotatable bonds is 3. The van der Waals surface area contributed by atoms with E-state index in [2.05, 4.69) is 27.5 Å². The molecular weight excluding hydrogens is 359 g/mol. The van der Waals surface area contributed by atoms with Gasteiger partial charge in [-0.15, -0.1) is 0 Å². The van der Waals surface area contributed by atoms with E-state index in [1.54, 1.807) is 0 Å². The molecule has 0 aliphatic carbocycles. The highest BCUT2D eigenvalue weighted by atomic mass is 19.1. The van der Waals surface area contributed by atoms with E-state index in [1.165, 1.54) is 24.4 Å². The Morgan fingerprint density at radius 3 is 2.39 bits per heavy atom. The summed E-state index contributed by atoms with van der Waals surface area (Å²) in [5.74, 6) is -1.57. The molecule has 2 N–H and O–H groups in total. The Kier molecular flexibility index (Phi) is 4.83. The molecule has 2 aliphatic rings.